The quantitative estimate of drug-likeness (QED) is 0.358. The molecular weight excluding hydrogens is 488 g/mol. The van der Waals surface area contributed by atoms with Crippen molar-refractivity contribution >= 4 is 11.3 Å². The highest BCUT2D eigenvalue weighted by molar-refractivity contribution is 7.10. The summed E-state index contributed by atoms with van der Waals surface area (Å²) in [5.74, 6) is 3.78. The van der Waals surface area contributed by atoms with Gasteiger partial charge >= 0.3 is 0 Å². The van der Waals surface area contributed by atoms with Gasteiger partial charge in [-0.05, 0) is 61.0 Å². The maximum Gasteiger partial charge on any atom is 0.161 e. The Bertz CT molecular complexity index is 1160. The fourth-order valence-electron chi connectivity index (χ4n) is 5.16. The molecule has 2 aromatic carbocycles. The predicted octanol–water partition coefficient (Wildman–Crippen LogP) is 4.96. The molecule has 3 aromatic rings. The van der Waals surface area contributed by atoms with E-state index in [9.17, 15) is 0 Å². The number of hydrogen-bond donors (Lipinski definition) is 1. The minimum atomic E-state index is 0.181. The van der Waals surface area contributed by atoms with Crippen LogP contribution in [-0.4, -0.2) is 66.1 Å². The maximum absolute atomic E-state index is 5.62. The Labute approximate surface area is 224 Å². The Kier molecular flexibility index (Phi) is 9.18. The van der Waals surface area contributed by atoms with E-state index in [1.54, 1.807) is 35.5 Å². The molecule has 1 aliphatic rings. The van der Waals surface area contributed by atoms with Crippen LogP contribution in [0.15, 0.2) is 41.8 Å². The third-order valence-corrected chi connectivity index (χ3v) is 7.98. The minimum absolute atomic E-state index is 0.181. The summed E-state index contributed by atoms with van der Waals surface area (Å²) in [6.45, 7) is 4.99. The van der Waals surface area contributed by atoms with Crippen LogP contribution >= 0.6 is 11.3 Å². The molecule has 2 unspecified atom stereocenters. The van der Waals surface area contributed by atoms with E-state index in [4.69, 9.17) is 23.7 Å². The van der Waals surface area contributed by atoms with E-state index in [2.05, 4.69) is 40.7 Å². The van der Waals surface area contributed by atoms with Gasteiger partial charge in [0, 0.05) is 41.7 Å². The van der Waals surface area contributed by atoms with Gasteiger partial charge in [0.25, 0.3) is 0 Å². The van der Waals surface area contributed by atoms with Crippen molar-refractivity contribution in [3.8, 4) is 28.7 Å². The van der Waals surface area contributed by atoms with Gasteiger partial charge in [0.15, 0.2) is 11.5 Å². The zero-order valence-electron chi connectivity index (χ0n) is 22.6. The summed E-state index contributed by atoms with van der Waals surface area (Å²) >= 11 is 1.85. The first kappa shape index (κ1) is 27.1. The summed E-state index contributed by atoms with van der Waals surface area (Å²) in [5.41, 5.74) is 3.65. The second kappa shape index (κ2) is 12.5. The highest BCUT2D eigenvalue weighted by Gasteiger charge is 2.31. The highest BCUT2D eigenvalue weighted by atomic mass is 32.1. The van der Waals surface area contributed by atoms with Crippen LogP contribution in [0.25, 0.3) is 0 Å². The maximum atomic E-state index is 5.62. The van der Waals surface area contributed by atoms with Crippen molar-refractivity contribution in [1.29, 1.82) is 0 Å². The zero-order valence-corrected chi connectivity index (χ0v) is 23.4. The second-order valence-electron chi connectivity index (χ2n) is 9.18. The van der Waals surface area contributed by atoms with Crippen LogP contribution in [0.5, 0.6) is 28.7 Å². The molecule has 1 aliphatic heterocycles. The van der Waals surface area contributed by atoms with Crippen LogP contribution in [0.3, 0.4) is 0 Å². The lowest BCUT2D eigenvalue weighted by molar-refractivity contribution is 0.195. The molecule has 0 amide bonds. The van der Waals surface area contributed by atoms with Gasteiger partial charge in [0.2, 0.25) is 0 Å². The number of ether oxygens (including phenoxy) is 5. The van der Waals surface area contributed by atoms with E-state index in [-0.39, 0.29) is 12.1 Å². The fraction of sp³-hybridized carbons (Fsp3) is 0.448. The van der Waals surface area contributed by atoms with Crippen LogP contribution < -0.4 is 29.0 Å². The minimum Gasteiger partial charge on any atom is -0.496 e. The molecule has 0 radical (unpaired) electrons. The molecular formula is C29H38N2O5S. The third-order valence-electron chi connectivity index (χ3n) is 6.98. The first-order valence-corrected chi connectivity index (χ1v) is 13.4. The van der Waals surface area contributed by atoms with Crippen LogP contribution in [0.1, 0.15) is 34.5 Å². The number of thiophene rings is 1. The molecule has 2 atom stereocenters. The van der Waals surface area contributed by atoms with Gasteiger partial charge in [0.1, 0.15) is 17.2 Å². The van der Waals surface area contributed by atoms with E-state index in [0.29, 0.717) is 0 Å². The molecule has 2 heterocycles. The molecule has 0 saturated carbocycles. The lowest BCUT2D eigenvalue weighted by atomic mass is 9.92. The van der Waals surface area contributed by atoms with Crippen LogP contribution in [0, 0.1) is 0 Å². The van der Waals surface area contributed by atoms with Crippen molar-refractivity contribution in [1.82, 2.24) is 10.2 Å². The Hall–Kier alpha value is -2.94. The van der Waals surface area contributed by atoms with E-state index in [1.807, 2.05) is 29.5 Å². The van der Waals surface area contributed by atoms with Gasteiger partial charge < -0.3 is 29.0 Å². The monoisotopic (exact) mass is 526 g/mol. The fourth-order valence-corrected chi connectivity index (χ4v) is 6.07. The van der Waals surface area contributed by atoms with E-state index < -0.39 is 0 Å². The van der Waals surface area contributed by atoms with E-state index >= 15 is 0 Å². The van der Waals surface area contributed by atoms with Crippen molar-refractivity contribution in [2.75, 3.05) is 55.2 Å². The van der Waals surface area contributed by atoms with Crippen LogP contribution in [0.4, 0.5) is 0 Å². The molecule has 0 saturated heterocycles. The lowest BCUT2D eigenvalue weighted by Gasteiger charge is -2.38. The van der Waals surface area contributed by atoms with Crippen LogP contribution in [0.2, 0.25) is 0 Å². The van der Waals surface area contributed by atoms with Crippen molar-refractivity contribution in [3.63, 3.8) is 0 Å². The number of fused-ring (bicyclic) bond motifs is 1. The molecule has 1 aromatic heterocycles. The normalized spacial score (nSPS) is 16.1. The summed E-state index contributed by atoms with van der Waals surface area (Å²) < 4.78 is 27.7. The number of nitrogens with one attached hydrogen (secondary N) is 1. The van der Waals surface area contributed by atoms with Gasteiger partial charge in [-0.3, -0.25) is 4.90 Å². The van der Waals surface area contributed by atoms with Gasteiger partial charge in [-0.15, -0.1) is 11.3 Å². The van der Waals surface area contributed by atoms with Gasteiger partial charge in [0.05, 0.1) is 41.6 Å². The molecule has 0 aliphatic carbocycles. The van der Waals surface area contributed by atoms with Gasteiger partial charge in [-0.1, -0.05) is 6.07 Å². The SMILES string of the molecule is COc1cc(OC)c(CCNC(C)CN2CCc3sccc3C2c2ccc(OC)c(OC)c2)c(OC)c1. The summed E-state index contributed by atoms with van der Waals surface area (Å²) in [6.07, 6.45) is 1.86. The summed E-state index contributed by atoms with van der Waals surface area (Å²) in [6, 6.07) is 12.8. The molecule has 0 spiro atoms. The molecule has 200 valence electrons. The molecule has 0 fully saturated rings. The molecule has 7 nitrogen and oxygen atoms in total. The molecule has 0 bridgehead atoms. The lowest BCUT2D eigenvalue weighted by Crippen LogP contribution is -2.44. The number of hydrogen-bond acceptors (Lipinski definition) is 8. The topological polar surface area (TPSA) is 61.4 Å². The predicted molar refractivity (Wildman–Crippen MR) is 148 cm³/mol. The molecule has 4 rings (SSSR count). The van der Waals surface area contributed by atoms with Crippen molar-refractivity contribution in [2.45, 2.75) is 31.8 Å². The van der Waals surface area contributed by atoms with E-state index in [0.717, 1.165) is 66.8 Å². The average molecular weight is 527 g/mol. The summed E-state index contributed by atoms with van der Waals surface area (Å²) in [4.78, 5) is 4.04. The third kappa shape index (κ3) is 5.98. The molecule has 8 heteroatoms. The number of methoxy groups -OCH3 is 5. The summed E-state index contributed by atoms with van der Waals surface area (Å²) in [7, 11) is 8.36. The first-order valence-electron chi connectivity index (χ1n) is 12.6. The van der Waals surface area contributed by atoms with Crippen molar-refractivity contribution in [2.24, 2.45) is 0 Å². The molecule has 1 N–H and O–H groups in total. The van der Waals surface area contributed by atoms with Crippen LogP contribution in [-0.2, 0) is 12.8 Å². The Morgan fingerprint density at radius 2 is 1.59 bits per heavy atom. The smallest absolute Gasteiger partial charge is 0.161 e. The Morgan fingerprint density at radius 3 is 2.24 bits per heavy atom. The number of benzene rings is 2. The number of rotatable bonds is 12. The number of nitrogens with zero attached hydrogens (tertiary/aromatic N) is 1. The van der Waals surface area contributed by atoms with Crippen molar-refractivity contribution in [3.05, 3.63) is 63.3 Å². The summed E-state index contributed by atoms with van der Waals surface area (Å²) in [5, 5.41) is 5.92. The zero-order chi connectivity index (χ0) is 26.4. The molecule has 37 heavy (non-hydrogen) atoms. The standard InChI is InChI=1S/C29H38N2O5S/c1-19(30-12-9-22-25(34-4)16-21(32-2)17-26(22)35-5)18-31-13-10-28-23(11-14-37-28)29(31)20-7-8-24(33-3)27(15-20)36-6/h7-8,11,14-17,19,29-30H,9-10,12-13,18H2,1-6H3. The first-order chi connectivity index (χ1) is 18.0. The van der Waals surface area contributed by atoms with Crippen molar-refractivity contribution < 1.29 is 23.7 Å². The van der Waals surface area contributed by atoms with E-state index in [1.165, 1.54) is 16.0 Å². The van der Waals surface area contributed by atoms with Gasteiger partial charge in [-0.25, -0.2) is 0 Å². The highest BCUT2D eigenvalue weighted by Crippen LogP contribution is 2.40. The average Bonchev–Trinajstić information content (AvgIpc) is 3.41. The Morgan fingerprint density at radius 1 is 0.892 bits per heavy atom. The van der Waals surface area contributed by atoms with Gasteiger partial charge in [-0.2, -0.15) is 0 Å². The Balaban J connectivity index is 1.47. The second-order valence-corrected chi connectivity index (χ2v) is 10.2. The largest absolute Gasteiger partial charge is 0.496 e.